The molecule has 0 aliphatic heterocycles. The molecule has 0 fully saturated rings. The van der Waals surface area contributed by atoms with Gasteiger partial charge in [0.25, 0.3) is 0 Å². The Bertz CT molecular complexity index is 440. The van der Waals surface area contributed by atoms with Crippen molar-refractivity contribution in [2.24, 2.45) is 0 Å². The third-order valence-electron chi connectivity index (χ3n) is 1.53. The summed E-state index contributed by atoms with van der Waals surface area (Å²) in [5, 5.41) is 1.32. The van der Waals surface area contributed by atoms with E-state index < -0.39 is 10.9 Å². The van der Waals surface area contributed by atoms with E-state index in [1.54, 1.807) is 18.2 Å². The molecule has 2 rings (SSSR count). The summed E-state index contributed by atoms with van der Waals surface area (Å²) in [5.41, 5.74) is 0. The van der Waals surface area contributed by atoms with Gasteiger partial charge in [-0.25, -0.2) is 0 Å². The Labute approximate surface area is 81.7 Å². The lowest BCUT2D eigenvalue weighted by atomic mass is 10.3. The maximum atomic E-state index is 11.2. The van der Waals surface area contributed by atoms with E-state index in [1.165, 1.54) is 0 Å². The van der Waals surface area contributed by atoms with E-state index in [0.29, 0.717) is 15.1 Å². The van der Waals surface area contributed by atoms with Gasteiger partial charge in [-0.05, 0) is 10.4 Å². The number of benzene rings is 1. The molecule has 1 unspecified atom stereocenters. The molecule has 1 heterocycles. The van der Waals surface area contributed by atoms with Crippen LogP contribution in [0.1, 0.15) is 0 Å². The first-order valence-corrected chi connectivity index (χ1v) is 5.01. The van der Waals surface area contributed by atoms with Gasteiger partial charge in [0, 0.05) is 6.07 Å². The van der Waals surface area contributed by atoms with Gasteiger partial charge in [0.15, 0.2) is 5.15 Å². The maximum absolute atomic E-state index is 11.2. The minimum atomic E-state index is -1.37. The molecule has 12 heavy (non-hydrogen) atoms. The molecular formula is C7H3Cl2NOS. The number of aromatic nitrogens is 1. The van der Waals surface area contributed by atoms with Crippen LogP contribution < -0.4 is 0 Å². The van der Waals surface area contributed by atoms with Crippen LogP contribution in [-0.4, -0.2) is 8.93 Å². The summed E-state index contributed by atoms with van der Waals surface area (Å²) in [7, 11) is -1.37. The van der Waals surface area contributed by atoms with E-state index in [1.807, 2.05) is 0 Å². The van der Waals surface area contributed by atoms with E-state index in [0.717, 1.165) is 0 Å². The Kier molecular flexibility index (Phi) is 1.96. The highest BCUT2D eigenvalue weighted by molar-refractivity contribution is 7.26. The lowest BCUT2D eigenvalue weighted by molar-refractivity contribution is 0.593. The second-order valence-electron chi connectivity index (χ2n) is 2.24. The monoisotopic (exact) mass is 219 g/mol. The number of nitrogens with zero attached hydrogens (tertiary/aromatic N) is 1. The zero-order chi connectivity index (χ0) is 8.72. The molecule has 0 saturated carbocycles. The molecule has 0 amide bonds. The molecule has 0 aliphatic rings. The lowest BCUT2D eigenvalue weighted by Gasteiger charge is -1.88. The van der Waals surface area contributed by atoms with Gasteiger partial charge in [-0.1, -0.05) is 29.3 Å². The molecule has 2 nitrogen and oxygen atoms in total. The van der Waals surface area contributed by atoms with Gasteiger partial charge in [0.2, 0.25) is 4.70 Å². The van der Waals surface area contributed by atoms with Gasteiger partial charge in [0.1, 0.15) is 0 Å². The van der Waals surface area contributed by atoms with Crippen molar-refractivity contribution in [2.45, 2.75) is 0 Å². The van der Waals surface area contributed by atoms with Gasteiger partial charge < -0.3 is 4.55 Å². The smallest absolute Gasteiger partial charge is 0.209 e. The standard InChI is InChI=1S/C7H3Cl2NOS/c8-4-2-1-3-5-6(4)7(9)10-12(5)11/h1-3H. The number of fused-ring (bicyclic) bond motifs is 1. The molecule has 0 radical (unpaired) electrons. The van der Waals surface area contributed by atoms with Crippen LogP contribution in [0.3, 0.4) is 0 Å². The lowest BCUT2D eigenvalue weighted by Crippen LogP contribution is -1.66. The summed E-state index contributed by atoms with van der Waals surface area (Å²) in [6.07, 6.45) is 0. The van der Waals surface area contributed by atoms with Crippen LogP contribution >= 0.6 is 34.1 Å². The molecular weight excluding hydrogens is 217 g/mol. The van der Waals surface area contributed by atoms with E-state index in [-0.39, 0.29) is 5.15 Å². The maximum Gasteiger partial charge on any atom is 0.209 e. The van der Waals surface area contributed by atoms with Gasteiger partial charge in [0.05, 0.1) is 21.4 Å². The predicted molar refractivity (Wildman–Crippen MR) is 50.4 cm³/mol. The molecule has 1 atom stereocenters. The molecule has 0 N–H and O–H groups in total. The highest BCUT2D eigenvalue weighted by Gasteiger charge is 2.15. The van der Waals surface area contributed by atoms with Gasteiger partial charge in [-0.2, -0.15) is 0 Å². The summed E-state index contributed by atoms with van der Waals surface area (Å²) < 4.78 is 15.5. The second-order valence-corrected chi connectivity index (χ2v) is 4.13. The highest BCUT2D eigenvalue weighted by atomic mass is 35.5. The second kappa shape index (κ2) is 2.85. The van der Waals surface area contributed by atoms with Crippen molar-refractivity contribution in [1.29, 1.82) is 0 Å². The first-order chi connectivity index (χ1) is 5.70. The molecule has 62 valence electrons. The average Bonchev–Trinajstić information content (AvgIpc) is 2.29. The molecule has 0 spiro atoms. The van der Waals surface area contributed by atoms with Gasteiger partial charge in [-0.3, -0.25) is 0 Å². The van der Waals surface area contributed by atoms with Crippen molar-refractivity contribution < 1.29 is 4.55 Å². The average molecular weight is 220 g/mol. The molecule has 0 aliphatic carbocycles. The highest BCUT2D eigenvalue weighted by Crippen LogP contribution is 2.36. The van der Waals surface area contributed by atoms with Crippen molar-refractivity contribution in [3.8, 4) is 0 Å². The van der Waals surface area contributed by atoms with Crippen LogP contribution in [0.5, 0.6) is 0 Å². The molecule has 0 saturated heterocycles. The van der Waals surface area contributed by atoms with Crippen LogP contribution in [0, 0.1) is 0 Å². The zero-order valence-corrected chi connectivity index (χ0v) is 8.08. The summed E-state index contributed by atoms with van der Waals surface area (Å²) >= 11 is 11.5. The molecule has 0 bridgehead atoms. The van der Waals surface area contributed by atoms with Crippen molar-refractivity contribution in [1.82, 2.24) is 4.37 Å². The Morgan fingerprint density at radius 3 is 2.75 bits per heavy atom. The van der Waals surface area contributed by atoms with Crippen molar-refractivity contribution in [3.63, 3.8) is 0 Å². The first-order valence-electron chi connectivity index (χ1n) is 3.15. The van der Waals surface area contributed by atoms with E-state index in [4.69, 9.17) is 23.2 Å². The molecule has 2 aromatic rings. The summed E-state index contributed by atoms with van der Waals surface area (Å²) in [6.45, 7) is 0. The third-order valence-corrected chi connectivity index (χ3v) is 3.29. The van der Waals surface area contributed by atoms with Crippen molar-refractivity contribution in [3.05, 3.63) is 28.4 Å². The molecule has 1 aromatic heterocycles. The van der Waals surface area contributed by atoms with E-state index in [2.05, 4.69) is 4.37 Å². The summed E-state index contributed by atoms with van der Waals surface area (Å²) in [6, 6.07) is 5.13. The normalized spacial score (nSPS) is 12.4. The number of hydrogen-bond donors (Lipinski definition) is 0. The van der Waals surface area contributed by atoms with Gasteiger partial charge in [-0.15, -0.1) is 0 Å². The SMILES string of the molecule is [O-][s+]1nc(Cl)c2c(Cl)cccc21. The fourth-order valence-corrected chi connectivity index (χ4v) is 2.75. The summed E-state index contributed by atoms with van der Waals surface area (Å²) in [4.78, 5) is 0. The van der Waals surface area contributed by atoms with E-state index >= 15 is 0 Å². The molecule has 1 aromatic carbocycles. The van der Waals surface area contributed by atoms with Crippen LogP contribution in [-0.2, 0) is 0 Å². The Morgan fingerprint density at radius 2 is 2.08 bits per heavy atom. The van der Waals surface area contributed by atoms with E-state index in [9.17, 15) is 4.55 Å². The fourth-order valence-electron chi connectivity index (χ4n) is 1.02. The fraction of sp³-hybridized carbons (Fsp3) is 0. The third kappa shape index (κ3) is 1.10. The van der Waals surface area contributed by atoms with Crippen LogP contribution in [0.2, 0.25) is 10.2 Å². The summed E-state index contributed by atoms with van der Waals surface area (Å²) in [5.74, 6) is 0. The van der Waals surface area contributed by atoms with Crippen molar-refractivity contribution in [2.75, 3.05) is 0 Å². The Balaban J connectivity index is 2.99. The Hall–Kier alpha value is -0.350. The van der Waals surface area contributed by atoms with Crippen molar-refractivity contribution >= 4 is 44.2 Å². The predicted octanol–water partition coefficient (Wildman–Crippen LogP) is 3.27. The van der Waals surface area contributed by atoms with Gasteiger partial charge >= 0.3 is 0 Å². The van der Waals surface area contributed by atoms with Crippen LogP contribution in [0.15, 0.2) is 18.2 Å². The molecule has 5 heteroatoms. The topological polar surface area (TPSA) is 36.0 Å². The van der Waals surface area contributed by atoms with Crippen LogP contribution in [0.4, 0.5) is 0 Å². The minimum Gasteiger partial charge on any atom is -0.568 e. The first kappa shape index (κ1) is 8.26. The minimum absolute atomic E-state index is 0.230. The van der Waals surface area contributed by atoms with Crippen LogP contribution in [0.25, 0.3) is 10.1 Å². The number of halogens is 2. The largest absolute Gasteiger partial charge is 0.568 e. The zero-order valence-electron chi connectivity index (χ0n) is 5.75. The Morgan fingerprint density at radius 1 is 1.33 bits per heavy atom. The quantitative estimate of drug-likeness (QED) is 0.638. The number of hydrogen-bond acceptors (Lipinski definition) is 2. The number of rotatable bonds is 0.